The third-order valence-corrected chi connectivity index (χ3v) is 3.39. The van der Waals surface area contributed by atoms with E-state index in [4.69, 9.17) is 27.9 Å². The minimum atomic E-state index is -0.526. The number of benzene rings is 2. The van der Waals surface area contributed by atoms with Crippen molar-refractivity contribution in [3.63, 3.8) is 0 Å². The van der Waals surface area contributed by atoms with Gasteiger partial charge in [0.05, 0.1) is 17.7 Å². The van der Waals surface area contributed by atoms with Crippen LogP contribution in [0.5, 0.6) is 0 Å². The summed E-state index contributed by atoms with van der Waals surface area (Å²) in [5.41, 5.74) is 0.889. The fourth-order valence-corrected chi connectivity index (χ4v) is 2.48. The minimum absolute atomic E-state index is 0.214. The Bertz CT molecular complexity index is 711. The molecule has 0 fully saturated rings. The van der Waals surface area contributed by atoms with Gasteiger partial charge in [-0.3, -0.25) is 4.79 Å². The number of nitrogens with one attached hydrogen (secondary N) is 1. The van der Waals surface area contributed by atoms with E-state index in [-0.39, 0.29) is 11.1 Å². The number of carbonyl (C=O) groups excluding carboxylic acids is 2. The van der Waals surface area contributed by atoms with Gasteiger partial charge in [-0.15, -0.1) is 0 Å². The van der Waals surface area contributed by atoms with Gasteiger partial charge in [-0.2, -0.15) is 0 Å². The second-order valence-corrected chi connectivity index (χ2v) is 5.67. The molecule has 0 radical (unpaired) electrons. The van der Waals surface area contributed by atoms with E-state index >= 15 is 0 Å². The molecule has 4 nitrogen and oxygen atoms in total. The molecule has 6 heteroatoms. The Labute approximate surface area is 144 Å². The topological polar surface area (TPSA) is 55.4 Å². The third-order valence-electron chi connectivity index (χ3n) is 2.95. The number of halogens is 2. The van der Waals surface area contributed by atoms with E-state index in [0.29, 0.717) is 28.8 Å². The van der Waals surface area contributed by atoms with Crippen molar-refractivity contribution in [3.05, 3.63) is 63.6 Å². The summed E-state index contributed by atoms with van der Waals surface area (Å²) in [7, 11) is 0. The predicted octanol–water partition coefficient (Wildman–Crippen LogP) is 4.81. The third kappa shape index (κ3) is 4.71. The van der Waals surface area contributed by atoms with Gasteiger partial charge in [0, 0.05) is 15.7 Å². The summed E-state index contributed by atoms with van der Waals surface area (Å²) in [6, 6.07) is 11.2. The first-order chi connectivity index (χ1) is 11.0. The zero-order valence-electron chi connectivity index (χ0n) is 12.4. The van der Waals surface area contributed by atoms with Gasteiger partial charge in [0.25, 0.3) is 5.91 Å². The number of esters is 1. The van der Waals surface area contributed by atoms with Crippen LogP contribution in [0, 0.1) is 0 Å². The van der Waals surface area contributed by atoms with Gasteiger partial charge in [0.1, 0.15) is 0 Å². The Balaban J connectivity index is 2.24. The summed E-state index contributed by atoms with van der Waals surface area (Å²) in [6.45, 7) is 2.20. The van der Waals surface area contributed by atoms with Crippen molar-refractivity contribution in [1.29, 1.82) is 0 Å². The average Bonchev–Trinajstić information content (AvgIpc) is 2.51. The van der Waals surface area contributed by atoms with Gasteiger partial charge in [0.15, 0.2) is 0 Å². The first kappa shape index (κ1) is 17.3. The summed E-state index contributed by atoms with van der Waals surface area (Å²) in [4.78, 5) is 24.5. The van der Waals surface area contributed by atoms with Crippen LogP contribution in [0.1, 0.15) is 34.1 Å². The summed E-state index contributed by atoms with van der Waals surface area (Å²) in [5, 5.41) is 3.49. The lowest BCUT2D eigenvalue weighted by molar-refractivity contribution is 0.0502. The highest BCUT2D eigenvalue weighted by Gasteiger charge is 2.18. The molecule has 0 heterocycles. The van der Waals surface area contributed by atoms with Crippen LogP contribution in [0.4, 0.5) is 5.69 Å². The highest BCUT2D eigenvalue weighted by Crippen LogP contribution is 2.23. The molecule has 1 amide bonds. The second-order valence-electron chi connectivity index (χ2n) is 4.79. The molecule has 2 aromatic rings. The molecule has 0 saturated carbocycles. The van der Waals surface area contributed by atoms with Crippen LogP contribution in [0.25, 0.3) is 0 Å². The summed E-state index contributed by atoms with van der Waals surface area (Å²) in [6.07, 6.45) is 0.709. The molecule has 0 bridgehead atoms. The number of rotatable bonds is 5. The quantitative estimate of drug-likeness (QED) is 0.786. The fraction of sp³-hybridized carbons (Fsp3) is 0.176. The van der Waals surface area contributed by atoms with Crippen molar-refractivity contribution < 1.29 is 14.3 Å². The second kappa shape index (κ2) is 7.99. The van der Waals surface area contributed by atoms with Gasteiger partial charge in [-0.05, 0) is 36.8 Å². The molecule has 0 aliphatic carbocycles. The highest BCUT2D eigenvalue weighted by atomic mass is 35.5. The number of carbonyl (C=O) groups is 2. The Morgan fingerprint density at radius 1 is 1.04 bits per heavy atom. The maximum absolute atomic E-state index is 12.4. The van der Waals surface area contributed by atoms with Crippen molar-refractivity contribution >= 4 is 40.8 Å². The molecule has 2 rings (SSSR count). The number of hydrogen-bond donors (Lipinski definition) is 1. The average molecular weight is 352 g/mol. The van der Waals surface area contributed by atoms with Crippen molar-refractivity contribution in [2.24, 2.45) is 0 Å². The minimum Gasteiger partial charge on any atom is -0.462 e. The Morgan fingerprint density at radius 2 is 1.65 bits per heavy atom. The molecule has 0 atom stereocenters. The van der Waals surface area contributed by atoms with Crippen LogP contribution >= 0.6 is 23.2 Å². The van der Waals surface area contributed by atoms with Crippen molar-refractivity contribution in [1.82, 2.24) is 0 Å². The van der Waals surface area contributed by atoms with E-state index in [2.05, 4.69) is 5.32 Å². The van der Waals surface area contributed by atoms with Gasteiger partial charge in [0.2, 0.25) is 0 Å². The molecule has 0 unspecified atom stereocenters. The van der Waals surface area contributed by atoms with Crippen LogP contribution in [0.3, 0.4) is 0 Å². The lowest BCUT2D eigenvalue weighted by Crippen LogP contribution is -2.18. The number of hydrogen-bond acceptors (Lipinski definition) is 3. The van der Waals surface area contributed by atoms with E-state index in [1.54, 1.807) is 42.5 Å². The molecule has 0 aromatic heterocycles. The van der Waals surface area contributed by atoms with Crippen LogP contribution in [-0.4, -0.2) is 18.5 Å². The Hall–Kier alpha value is -2.04. The highest BCUT2D eigenvalue weighted by molar-refractivity contribution is 6.35. The number of amides is 1. The van der Waals surface area contributed by atoms with E-state index in [0.717, 1.165) is 0 Å². The standard InChI is InChI=1S/C17H15Cl2NO3/c1-2-7-23-17(22)15-6-4-3-5-14(15)16(21)20-13-9-11(18)8-12(19)10-13/h3-6,8-10H,2,7H2,1H3,(H,20,21). The predicted molar refractivity (Wildman–Crippen MR) is 91.4 cm³/mol. The van der Waals surface area contributed by atoms with Gasteiger partial charge < -0.3 is 10.1 Å². The molecule has 0 spiro atoms. The van der Waals surface area contributed by atoms with Crippen molar-refractivity contribution in [2.45, 2.75) is 13.3 Å². The number of ether oxygens (including phenoxy) is 1. The van der Waals surface area contributed by atoms with E-state index in [9.17, 15) is 9.59 Å². The van der Waals surface area contributed by atoms with Crippen LogP contribution < -0.4 is 5.32 Å². The lowest BCUT2D eigenvalue weighted by Gasteiger charge is -2.10. The van der Waals surface area contributed by atoms with Crippen molar-refractivity contribution in [2.75, 3.05) is 11.9 Å². The monoisotopic (exact) mass is 351 g/mol. The summed E-state index contributed by atoms with van der Waals surface area (Å²) >= 11 is 11.8. The molecular weight excluding hydrogens is 337 g/mol. The molecule has 23 heavy (non-hydrogen) atoms. The number of anilines is 1. The van der Waals surface area contributed by atoms with Gasteiger partial charge in [-0.25, -0.2) is 4.79 Å². The smallest absolute Gasteiger partial charge is 0.338 e. The molecule has 0 saturated heterocycles. The Kier molecular flexibility index (Phi) is 6.02. The first-order valence-corrected chi connectivity index (χ1v) is 7.80. The largest absolute Gasteiger partial charge is 0.462 e. The van der Waals surface area contributed by atoms with E-state index in [1.165, 1.54) is 0 Å². The Morgan fingerprint density at radius 3 is 2.26 bits per heavy atom. The zero-order valence-corrected chi connectivity index (χ0v) is 13.9. The van der Waals surface area contributed by atoms with Crippen LogP contribution in [0.15, 0.2) is 42.5 Å². The summed E-state index contributed by atoms with van der Waals surface area (Å²) in [5.74, 6) is -0.964. The van der Waals surface area contributed by atoms with E-state index < -0.39 is 11.9 Å². The molecule has 1 N–H and O–H groups in total. The van der Waals surface area contributed by atoms with Gasteiger partial charge in [-0.1, -0.05) is 42.3 Å². The maximum atomic E-state index is 12.4. The molecular formula is C17H15Cl2NO3. The summed E-state index contributed by atoms with van der Waals surface area (Å²) < 4.78 is 5.10. The fourth-order valence-electron chi connectivity index (χ4n) is 1.96. The van der Waals surface area contributed by atoms with E-state index in [1.807, 2.05) is 6.92 Å². The first-order valence-electron chi connectivity index (χ1n) is 7.05. The maximum Gasteiger partial charge on any atom is 0.338 e. The van der Waals surface area contributed by atoms with Gasteiger partial charge >= 0.3 is 5.97 Å². The zero-order chi connectivity index (χ0) is 16.8. The van der Waals surface area contributed by atoms with Crippen LogP contribution in [0.2, 0.25) is 10.0 Å². The lowest BCUT2D eigenvalue weighted by atomic mass is 10.1. The molecule has 120 valence electrons. The molecule has 2 aromatic carbocycles. The van der Waals surface area contributed by atoms with Crippen LogP contribution in [-0.2, 0) is 4.74 Å². The van der Waals surface area contributed by atoms with Crippen molar-refractivity contribution in [3.8, 4) is 0 Å². The normalized spacial score (nSPS) is 10.2. The molecule has 0 aliphatic heterocycles. The SMILES string of the molecule is CCCOC(=O)c1ccccc1C(=O)Nc1cc(Cl)cc(Cl)c1. The molecule has 0 aliphatic rings.